The summed E-state index contributed by atoms with van der Waals surface area (Å²) in [6.07, 6.45) is 1.77. The van der Waals surface area contributed by atoms with E-state index in [4.69, 9.17) is 0 Å². The van der Waals surface area contributed by atoms with E-state index in [9.17, 15) is 0 Å². The average molecular weight is 369 g/mol. The van der Waals surface area contributed by atoms with Gasteiger partial charge in [0.1, 0.15) is 0 Å². The SMILES string of the molecule is BrC(Br)(Br)n1cnc2ccccc21. The fourth-order valence-corrected chi connectivity index (χ4v) is 2.01. The Morgan fingerprint density at radius 1 is 1.15 bits per heavy atom. The Morgan fingerprint density at radius 2 is 1.85 bits per heavy atom. The van der Waals surface area contributed by atoms with Crippen molar-refractivity contribution in [2.75, 3.05) is 0 Å². The van der Waals surface area contributed by atoms with Gasteiger partial charge in [-0.1, -0.05) is 12.1 Å². The van der Waals surface area contributed by atoms with Crippen LogP contribution in [0.5, 0.6) is 0 Å². The van der Waals surface area contributed by atoms with Gasteiger partial charge < -0.3 is 0 Å². The number of aromatic nitrogens is 2. The van der Waals surface area contributed by atoms with Crippen LogP contribution in [0.15, 0.2) is 30.6 Å². The number of imidazole rings is 1. The van der Waals surface area contributed by atoms with Crippen LogP contribution in [0.1, 0.15) is 0 Å². The van der Waals surface area contributed by atoms with E-state index in [0.29, 0.717) is 0 Å². The fraction of sp³-hybridized carbons (Fsp3) is 0.125. The molecule has 0 unspecified atom stereocenters. The monoisotopic (exact) mass is 366 g/mol. The number of nitrogens with zero attached hydrogens (tertiary/aromatic N) is 2. The molecule has 0 N–H and O–H groups in total. The molecule has 0 aliphatic carbocycles. The predicted molar refractivity (Wildman–Crippen MR) is 64.5 cm³/mol. The Kier molecular flexibility index (Phi) is 2.51. The zero-order valence-electron chi connectivity index (χ0n) is 6.42. The van der Waals surface area contributed by atoms with Crippen molar-refractivity contribution in [3.05, 3.63) is 30.6 Å². The number of fused-ring (bicyclic) bond motifs is 1. The van der Waals surface area contributed by atoms with Gasteiger partial charge >= 0.3 is 0 Å². The maximum Gasteiger partial charge on any atom is 0.212 e. The lowest BCUT2D eigenvalue weighted by Gasteiger charge is -2.14. The molecular weight excluding hydrogens is 364 g/mol. The van der Waals surface area contributed by atoms with Crippen LogP contribution in [0.2, 0.25) is 0 Å². The summed E-state index contributed by atoms with van der Waals surface area (Å²) >= 11 is 10.3. The highest BCUT2D eigenvalue weighted by atomic mass is 80.0. The molecular formula is C8H5Br3N2. The lowest BCUT2D eigenvalue weighted by atomic mass is 10.3. The third-order valence-corrected chi connectivity index (χ3v) is 2.87. The van der Waals surface area contributed by atoms with Crippen LogP contribution in [0.3, 0.4) is 0 Å². The standard InChI is InChI=1S/C8H5Br3N2/c9-8(10,11)13-5-12-6-3-1-2-4-7(6)13/h1-5H. The van der Waals surface area contributed by atoms with E-state index < -0.39 is 2.27 Å². The molecule has 0 amide bonds. The summed E-state index contributed by atoms with van der Waals surface area (Å²) in [6, 6.07) is 7.95. The number of alkyl halides is 3. The van der Waals surface area contributed by atoms with E-state index in [1.807, 2.05) is 28.8 Å². The molecule has 2 rings (SSSR count). The molecule has 0 spiro atoms. The highest BCUT2D eigenvalue weighted by Gasteiger charge is 2.21. The van der Waals surface area contributed by atoms with Crippen molar-refractivity contribution in [1.29, 1.82) is 0 Å². The summed E-state index contributed by atoms with van der Waals surface area (Å²) in [6.45, 7) is 0. The van der Waals surface area contributed by atoms with Gasteiger partial charge in [-0.05, 0) is 59.9 Å². The van der Waals surface area contributed by atoms with Gasteiger partial charge in [-0.15, -0.1) is 0 Å². The van der Waals surface area contributed by atoms with E-state index in [1.54, 1.807) is 6.33 Å². The van der Waals surface area contributed by atoms with Crippen LogP contribution in [0.4, 0.5) is 0 Å². The molecule has 0 aliphatic rings. The summed E-state index contributed by atoms with van der Waals surface area (Å²) in [5, 5.41) is 0. The lowest BCUT2D eigenvalue weighted by Crippen LogP contribution is -2.08. The van der Waals surface area contributed by atoms with Gasteiger partial charge in [-0.25, -0.2) is 4.98 Å². The van der Waals surface area contributed by atoms with Gasteiger partial charge in [0.15, 0.2) is 0 Å². The molecule has 68 valence electrons. The number of rotatable bonds is 0. The van der Waals surface area contributed by atoms with Gasteiger partial charge in [-0.2, -0.15) is 0 Å². The number of hydrogen-bond donors (Lipinski definition) is 0. The van der Waals surface area contributed by atoms with Crippen LogP contribution in [0.25, 0.3) is 11.0 Å². The molecule has 0 aliphatic heterocycles. The van der Waals surface area contributed by atoms with Crippen molar-refractivity contribution in [3.8, 4) is 0 Å². The van der Waals surface area contributed by atoms with Gasteiger partial charge in [0.2, 0.25) is 2.27 Å². The summed E-state index contributed by atoms with van der Waals surface area (Å²) in [4.78, 5) is 4.26. The Labute approximate surface area is 101 Å². The van der Waals surface area contributed by atoms with Crippen LogP contribution in [-0.2, 0) is 2.27 Å². The highest BCUT2D eigenvalue weighted by Crippen LogP contribution is 2.40. The lowest BCUT2D eigenvalue weighted by molar-refractivity contribution is 0.889. The third kappa shape index (κ3) is 1.82. The van der Waals surface area contributed by atoms with Gasteiger partial charge in [0.25, 0.3) is 0 Å². The molecule has 2 nitrogen and oxygen atoms in total. The number of para-hydroxylation sites is 2. The first-order valence-electron chi connectivity index (χ1n) is 3.58. The van der Waals surface area contributed by atoms with Crippen molar-refractivity contribution in [2.45, 2.75) is 2.27 Å². The number of hydrogen-bond acceptors (Lipinski definition) is 1. The molecule has 0 bridgehead atoms. The first-order valence-corrected chi connectivity index (χ1v) is 5.96. The van der Waals surface area contributed by atoms with E-state index in [1.165, 1.54) is 0 Å². The quantitative estimate of drug-likeness (QED) is 0.647. The minimum Gasteiger partial charge on any atom is -0.296 e. The number of benzene rings is 1. The van der Waals surface area contributed by atoms with E-state index in [0.717, 1.165) is 11.0 Å². The zero-order valence-corrected chi connectivity index (χ0v) is 11.2. The Hall–Kier alpha value is 0.130. The van der Waals surface area contributed by atoms with Crippen LogP contribution in [-0.4, -0.2) is 9.55 Å². The molecule has 1 aromatic carbocycles. The van der Waals surface area contributed by atoms with Crippen LogP contribution < -0.4 is 0 Å². The first-order chi connectivity index (χ1) is 6.09. The van der Waals surface area contributed by atoms with Crippen molar-refractivity contribution in [2.24, 2.45) is 0 Å². The van der Waals surface area contributed by atoms with E-state index in [2.05, 4.69) is 52.8 Å². The minimum atomic E-state index is -0.455. The first kappa shape index (κ1) is 9.68. The average Bonchev–Trinajstić information content (AvgIpc) is 2.45. The highest BCUT2D eigenvalue weighted by molar-refractivity contribution is 9.38. The maximum absolute atomic E-state index is 4.26. The minimum absolute atomic E-state index is 0.455. The van der Waals surface area contributed by atoms with E-state index >= 15 is 0 Å². The molecule has 1 heterocycles. The third-order valence-electron chi connectivity index (χ3n) is 1.73. The Morgan fingerprint density at radius 3 is 2.54 bits per heavy atom. The Bertz CT molecular complexity index is 430. The second kappa shape index (κ2) is 3.37. The summed E-state index contributed by atoms with van der Waals surface area (Å²) in [5.74, 6) is 0. The molecule has 0 atom stereocenters. The Balaban J connectivity index is 2.72. The number of halogens is 3. The van der Waals surface area contributed by atoms with Crippen molar-refractivity contribution >= 4 is 58.8 Å². The van der Waals surface area contributed by atoms with Gasteiger partial charge in [-0.3, -0.25) is 4.57 Å². The van der Waals surface area contributed by atoms with Crippen molar-refractivity contribution in [1.82, 2.24) is 9.55 Å². The van der Waals surface area contributed by atoms with Crippen molar-refractivity contribution in [3.63, 3.8) is 0 Å². The summed E-state index contributed by atoms with van der Waals surface area (Å²) < 4.78 is 1.49. The molecule has 0 fully saturated rings. The summed E-state index contributed by atoms with van der Waals surface area (Å²) in [7, 11) is 0. The smallest absolute Gasteiger partial charge is 0.212 e. The molecule has 2 aromatic rings. The largest absolute Gasteiger partial charge is 0.296 e. The second-order valence-electron chi connectivity index (χ2n) is 2.57. The maximum atomic E-state index is 4.26. The molecule has 0 saturated carbocycles. The van der Waals surface area contributed by atoms with E-state index in [-0.39, 0.29) is 0 Å². The molecule has 5 heteroatoms. The zero-order chi connectivity index (χ0) is 9.47. The molecule has 0 saturated heterocycles. The van der Waals surface area contributed by atoms with Crippen LogP contribution in [0, 0.1) is 0 Å². The normalized spacial score (nSPS) is 12.2. The molecule has 1 aromatic heterocycles. The second-order valence-corrected chi connectivity index (χ2v) is 9.21. The topological polar surface area (TPSA) is 17.8 Å². The van der Waals surface area contributed by atoms with Gasteiger partial charge in [0.05, 0.1) is 17.4 Å². The summed E-state index contributed by atoms with van der Waals surface area (Å²) in [5.41, 5.74) is 2.04. The van der Waals surface area contributed by atoms with Gasteiger partial charge in [0, 0.05) is 0 Å². The molecule has 0 radical (unpaired) electrons. The predicted octanol–water partition coefficient (Wildman–Crippen LogP) is 3.79. The van der Waals surface area contributed by atoms with Crippen LogP contribution >= 0.6 is 47.8 Å². The molecule has 13 heavy (non-hydrogen) atoms. The fourth-order valence-electron chi connectivity index (χ4n) is 1.16. The van der Waals surface area contributed by atoms with Crippen molar-refractivity contribution < 1.29 is 0 Å².